The highest BCUT2D eigenvalue weighted by molar-refractivity contribution is 5.98. The second-order valence-electron chi connectivity index (χ2n) is 4.55. The normalized spacial score (nSPS) is 14.0. The molecule has 0 N–H and O–H groups in total. The average molecular weight is 254 g/mol. The number of nitrogens with zero attached hydrogens (tertiary/aromatic N) is 2. The van der Waals surface area contributed by atoms with E-state index < -0.39 is 0 Å². The highest BCUT2D eigenvalue weighted by Gasteiger charge is 2.17. The van der Waals surface area contributed by atoms with Gasteiger partial charge in [0.15, 0.2) is 11.6 Å². The van der Waals surface area contributed by atoms with Crippen LogP contribution in [0.1, 0.15) is 34.6 Å². The van der Waals surface area contributed by atoms with Crippen LogP contribution in [-0.2, 0) is 13.0 Å². The molecule has 1 aromatic carbocycles. The third-order valence-electron chi connectivity index (χ3n) is 3.22. The van der Waals surface area contributed by atoms with Gasteiger partial charge in [-0.3, -0.25) is 4.79 Å². The average Bonchev–Trinajstić information content (AvgIpc) is 2.47. The summed E-state index contributed by atoms with van der Waals surface area (Å²) in [6.07, 6.45) is 5.93. The SMILES string of the molecule is O=C1CCCc2ccc(OCc3ncccn3)cc21. The largest absolute Gasteiger partial charge is 0.486 e. The summed E-state index contributed by atoms with van der Waals surface area (Å²) in [7, 11) is 0. The van der Waals surface area contributed by atoms with Crippen LogP contribution >= 0.6 is 0 Å². The Morgan fingerprint density at radius 2 is 2.00 bits per heavy atom. The lowest BCUT2D eigenvalue weighted by atomic mass is 9.90. The predicted molar refractivity (Wildman–Crippen MR) is 70.1 cm³/mol. The van der Waals surface area contributed by atoms with E-state index in [2.05, 4.69) is 9.97 Å². The van der Waals surface area contributed by atoms with Gasteiger partial charge in [-0.05, 0) is 36.6 Å². The number of rotatable bonds is 3. The standard InChI is InChI=1S/C15H14N2O2/c18-14-4-1-3-11-5-6-12(9-13(11)14)19-10-15-16-7-2-8-17-15/h2,5-9H,1,3-4,10H2. The molecule has 0 aliphatic heterocycles. The first-order valence-corrected chi connectivity index (χ1v) is 6.38. The minimum atomic E-state index is 0.211. The molecule has 2 aromatic rings. The Morgan fingerprint density at radius 3 is 2.84 bits per heavy atom. The number of fused-ring (bicyclic) bond motifs is 1. The van der Waals surface area contributed by atoms with E-state index in [-0.39, 0.29) is 5.78 Å². The maximum atomic E-state index is 11.8. The molecule has 1 aliphatic rings. The van der Waals surface area contributed by atoms with E-state index in [1.807, 2.05) is 18.2 Å². The number of benzene rings is 1. The number of carbonyl (C=O) groups is 1. The first-order chi connectivity index (χ1) is 9.33. The van der Waals surface area contributed by atoms with Crippen LogP contribution < -0.4 is 4.74 Å². The number of carbonyl (C=O) groups excluding carboxylic acids is 1. The van der Waals surface area contributed by atoms with E-state index in [9.17, 15) is 4.79 Å². The molecule has 1 heterocycles. The van der Waals surface area contributed by atoms with Crippen molar-refractivity contribution in [3.05, 3.63) is 53.6 Å². The van der Waals surface area contributed by atoms with Gasteiger partial charge in [0.2, 0.25) is 0 Å². The Balaban J connectivity index is 1.75. The molecule has 0 radical (unpaired) electrons. The van der Waals surface area contributed by atoms with Crippen LogP contribution in [0.5, 0.6) is 5.75 Å². The van der Waals surface area contributed by atoms with Gasteiger partial charge >= 0.3 is 0 Å². The summed E-state index contributed by atoms with van der Waals surface area (Å²) in [6.45, 7) is 0.313. The van der Waals surface area contributed by atoms with Crippen molar-refractivity contribution in [2.24, 2.45) is 0 Å². The van der Waals surface area contributed by atoms with Crippen molar-refractivity contribution in [2.45, 2.75) is 25.9 Å². The van der Waals surface area contributed by atoms with E-state index in [0.717, 1.165) is 24.0 Å². The number of aromatic nitrogens is 2. The van der Waals surface area contributed by atoms with Crippen LogP contribution in [-0.4, -0.2) is 15.8 Å². The van der Waals surface area contributed by atoms with Crippen molar-refractivity contribution in [1.29, 1.82) is 0 Å². The molecule has 4 nitrogen and oxygen atoms in total. The lowest BCUT2D eigenvalue weighted by Crippen LogP contribution is -2.11. The summed E-state index contributed by atoms with van der Waals surface area (Å²) >= 11 is 0. The van der Waals surface area contributed by atoms with Gasteiger partial charge in [0.1, 0.15) is 12.4 Å². The summed E-state index contributed by atoms with van der Waals surface area (Å²) in [5.41, 5.74) is 1.93. The van der Waals surface area contributed by atoms with Gasteiger partial charge in [-0.25, -0.2) is 9.97 Å². The molecular weight excluding hydrogens is 240 g/mol. The molecule has 1 aromatic heterocycles. The molecule has 1 aliphatic carbocycles. The van der Waals surface area contributed by atoms with Crippen molar-refractivity contribution in [3.63, 3.8) is 0 Å². The van der Waals surface area contributed by atoms with E-state index in [1.165, 1.54) is 0 Å². The zero-order chi connectivity index (χ0) is 13.1. The molecule has 0 fully saturated rings. The van der Waals surface area contributed by atoms with Gasteiger partial charge in [-0.1, -0.05) is 6.07 Å². The van der Waals surface area contributed by atoms with Crippen molar-refractivity contribution in [1.82, 2.24) is 9.97 Å². The van der Waals surface area contributed by atoms with Crippen LogP contribution in [0.3, 0.4) is 0 Å². The number of ketones is 1. The Hall–Kier alpha value is -2.23. The van der Waals surface area contributed by atoms with Crippen molar-refractivity contribution >= 4 is 5.78 Å². The van der Waals surface area contributed by atoms with Gasteiger partial charge in [-0.15, -0.1) is 0 Å². The van der Waals surface area contributed by atoms with Crippen LogP contribution in [0.4, 0.5) is 0 Å². The zero-order valence-electron chi connectivity index (χ0n) is 10.5. The van der Waals surface area contributed by atoms with Gasteiger partial charge in [0.05, 0.1) is 0 Å². The van der Waals surface area contributed by atoms with Gasteiger partial charge in [0, 0.05) is 24.4 Å². The zero-order valence-corrected chi connectivity index (χ0v) is 10.5. The highest BCUT2D eigenvalue weighted by atomic mass is 16.5. The summed E-state index contributed by atoms with van der Waals surface area (Å²) in [6, 6.07) is 7.48. The van der Waals surface area contributed by atoms with Gasteiger partial charge in [0.25, 0.3) is 0 Å². The minimum absolute atomic E-state index is 0.211. The molecule has 4 heteroatoms. The molecule has 0 saturated heterocycles. The molecular formula is C15H14N2O2. The number of ether oxygens (including phenoxy) is 1. The van der Waals surface area contributed by atoms with Crippen molar-refractivity contribution in [3.8, 4) is 5.75 Å². The molecule has 3 rings (SSSR count). The Morgan fingerprint density at radius 1 is 1.16 bits per heavy atom. The predicted octanol–water partition coefficient (Wildman–Crippen LogP) is 2.57. The van der Waals surface area contributed by atoms with E-state index in [1.54, 1.807) is 18.5 Å². The van der Waals surface area contributed by atoms with Gasteiger partial charge in [-0.2, -0.15) is 0 Å². The minimum Gasteiger partial charge on any atom is -0.486 e. The van der Waals surface area contributed by atoms with Crippen LogP contribution in [0.15, 0.2) is 36.7 Å². The molecule has 0 spiro atoms. The monoisotopic (exact) mass is 254 g/mol. The number of hydrogen-bond acceptors (Lipinski definition) is 4. The van der Waals surface area contributed by atoms with Crippen molar-refractivity contribution in [2.75, 3.05) is 0 Å². The summed E-state index contributed by atoms with van der Waals surface area (Å²) in [5.74, 6) is 1.54. The molecule has 0 bridgehead atoms. The molecule has 96 valence electrons. The van der Waals surface area contributed by atoms with Crippen LogP contribution in [0, 0.1) is 0 Å². The Kier molecular flexibility index (Phi) is 3.23. The van der Waals surface area contributed by atoms with E-state index in [0.29, 0.717) is 24.6 Å². The molecule has 0 unspecified atom stereocenters. The second kappa shape index (κ2) is 5.18. The third kappa shape index (κ3) is 2.62. The first-order valence-electron chi connectivity index (χ1n) is 6.38. The lowest BCUT2D eigenvalue weighted by molar-refractivity contribution is 0.0972. The summed E-state index contributed by atoms with van der Waals surface area (Å²) in [5, 5.41) is 0. The van der Waals surface area contributed by atoms with Gasteiger partial charge < -0.3 is 4.74 Å². The van der Waals surface area contributed by atoms with Crippen LogP contribution in [0.25, 0.3) is 0 Å². The Bertz CT molecular complexity index is 596. The topological polar surface area (TPSA) is 52.1 Å². The fraction of sp³-hybridized carbons (Fsp3) is 0.267. The fourth-order valence-corrected chi connectivity index (χ4v) is 2.25. The number of aryl methyl sites for hydroxylation is 1. The third-order valence-corrected chi connectivity index (χ3v) is 3.22. The summed E-state index contributed by atoms with van der Waals surface area (Å²) in [4.78, 5) is 20.0. The molecule has 0 amide bonds. The number of Topliss-reactive ketones (excluding diaryl/α,β-unsaturated/α-hetero) is 1. The maximum Gasteiger partial charge on any atom is 0.166 e. The summed E-state index contributed by atoms with van der Waals surface area (Å²) < 4.78 is 5.63. The lowest BCUT2D eigenvalue weighted by Gasteiger charge is -2.15. The van der Waals surface area contributed by atoms with Crippen molar-refractivity contribution < 1.29 is 9.53 Å². The molecule has 0 atom stereocenters. The van der Waals surface area contributed by atoms with E-state index >= 15 is 0 Å². The van der Waals surface area contributed by atoms with Crippen LogP contribution in [0.2, 0.25) is 0 Å². The molecule has 19 heavy (non-hydrogen) atoms. The highest BCUT2D eigenvalue weighted by Crippen LogP contribution is 2.25. The first kappa shape index (κ1) is 11.8. The smallest absolute Gasteiger partial charge is 0.166 e. The second-order valence-corrected chi connectivity index (χ2v) is 4.55. The Labute approximate surface area is 111 Å². The molecule has 0 saturated carbocycles. The maximum absolute atomic E-state index is 11.8. The fourth-order valence-electron chi connectivity index (χ4n) is 2.25. The quantitative estimate of drug-likeness (QED) is 0.844. The van der Waals surface area contributed by atoms with E-state index in [4.69, 9.17) is 4.74 Å². The number of hydrogen-bond donors (Lipinski definition) is 0.